The van der Waals surface area contributed by atoms with Crippen molar-refractivity contribution in [2.24, 2.45) is 0 Å². The Labute approximate surface area is 199 Å². The number of hydrogen-bond acceptors (Lipinski definition) is 6. The minimum Gasteiger partial charge on any atom is -0.464 e. The molecule has 176 valence electrons. The molecule has 1 amide bonds. The maximum absolute atomic E-state index is 12.6. The van der Waals surface area contributed by atoms with Gasteiger partial charge in [-0.3, -0.25) is 19.0 Å². The van der Waals surface area contributed by atoms with Gasteiger partial charge in [0.25, 0.3) is 11.5 Å². The van der Waals surface area contributed by atoms with Crippen LogP contribution in [-0.4, -0.2) is 42.9 Å². The van der Waals surface area contributed by atoms with Crippen LogP contribution in [-0.2, 0) is 11.3 Å². The molecular formula is C25H22N6O4. The van der Waals surface area contributed by atoms with Gasteiger partial charge in [0.1, 0.15) is 0 Å². The number of aromatic nitrogens is 5. The number of aryl methyl sites for hydroxylation is 2. The molecule has 5 aromatic rings. The summed E-state index contributed by atoms with van der Waals surface area (Å²) in [5.41, 5.74) is 4.94. The van der Waals surface area contributed by atoms with Crippen molar-refractivity contribution in [1.82, 2.24) is 29.2 Å². The molecule has 0 unspecified atom stereocenters. The first-order valence-electron chi connectivity index (χ1n) is 10.9. The number of aromatic amines is 1. The summed E-state index contributed by atoms with van der Waals surface area (Å²) in [6.07, 6.45) is 7.00. The predicted octanol–water partition coefficient (Wildman–Crippen LogP) is 2.69. The van der Waals surface area contributed by atoms with Crippen molar-refractivity contribution in [1.29, 1.82) is 0 Å². The van der Waals surface area contributed by atoms with Crippen molar-refractivity contribution in [3.8, 4) is 5.69 Å². The first-order valence-corrected chi connectivity index (χ1v) is 10.9. The van der Waals surface area contributed by atoms with E-state index in [1.807, 2.05) is 42.1 Å². The van der Waals surface area contributed by atoms with Crippen molar-refractivity contribution < 1.29 is 14.3 Å². The van der Waals surface area contributed by atoms with Gasteiger partial charge in [-0.15, -0.1) is 0 Å². The van der Waals surface area contributed by atoms with Crippen molar-refractivity contribution in [2.75, 3.05) is 7.11 Å². The van der Waals surface area contributed by atoms with Gasteiger partial charge < -0.3 is 19.6 Å². The zero-order chi connectivity index (χ0) is 24.7. The number of nitrogens with zero attached hydrogens (tertiary/aromatic N) is 4. The molecule has 2 N–H and O–H groups in total. The molecule has 4 heterocycles. The van der Waals surface area contributed by atoms with E-state index in [1.54, 1.807) is 35.9 Å². The SMILES string of the molecule is COC(=O)c1nc2c(=O)[nH]c3cc(C)c(-n4ccc(CNC(=O)c5ccncc5)c4)cc3n2c1C. The van der Waals surface area contributed by atoms with E-state index in [1.165, 1.54) is 7.11 Å². The maximum atomic E-state index is 12.6. The quantitative estimate of drug-likeness (QED) is 0.381. The monoisotopic (exact) mass is 470 g/mol. The van der Waals surface area contributed by atoms with Crippen LogP contribution in [0.4, 0.5) is 0 Å². The molecule has 4 aromatic heterocycles. The second-order valence-electron chi connectivity index (χ2n) is 8.15. The molecule has 1 aromatic carbocycles. The van der Waals surface area contributed by atoms with Crippen molar-refractivity contribution in [2.45, 2.75) is 20.4 Å². The number of carbonyl (C=O) groups excluding carboxylic acids is 2. The van der Waals surface area contributed by atoms with Gasteiger partial charge in [0.05, 0.1) is 29.5 Å². The Balaban J connectivity index is 1.52. The van der Waals surface area contributed by atoms with Gasteiger partial charge in [-0.2, -0.15) is 0 Å². The highest BCUT2D eigenvalue weighted by Gasteiger charge is 2.20. The third-order valence-electron chi connectivity index (χ3n) is 5.92. The van der Waals surface area contributed by atoms with Gasteiger partial charge in [-0.25, -0.2) is 9.78 Å². The summed E-state index contributed by atoms with van der Waals surface area (Å²) in [4.78, 5) is 48.1. The third kappa shape index (κ3) is 3.84. The Hall–Kier alpha value is -4.73. The first-order chi connectivity index (χ1) is 16.9. The lowest BCUT2D eigenvalue weighted by molar-refractivity contribution is 0.0593. The van der Waals surface area contributed by atoms with E-state index >= 15 is 0 Å². The summed E-state index contributed by atoms with van der Waals surface area (Å²) >= 11 is 0. The van der Waals surface area contributed by atoms with Crippen molar-refractivity contribution in [3.63, 3.8) is 0 Å². The van der Waals surface area contributed by atoms with E-state index < -0.39 is 11.5 Å². The highest BCUT2D eigenvalue weighted by atomic mass is 16.5. The molecule has 0 aliphatic carbocycles. The first kappa shape index (κ1) is 22.1. The van der Waals surface area contributed by atoms with Crippen LogP contribution in [0.15, 0.2) is 59.9 Å². The lowest BCUT2D eigenvalue weighted by Crippen LogP contribution is -2.22. The van der Waals surface area contributed by atoms with Crippen LogP contribution in [0.3, 0.4) is 0 Å². The summed E-state index contributed by atoms with van der Waals surface area (Å²) in [6, 6.07) is 9.06. The third-order valence-corrected chi connectivity index (χ3v) is 5.92. The molecule has 0 saturated heterocycles. The fourth-order valence-corrected chi connectivity index (χ4v) is 4.15. The number of imidazole rings is 1. The predicted molar refractivity (Wildman–Crippen MR) is 129 cm³/mol. The fourth-order valence-electron chi connectivity index (χ4n) is 4.15. The Kier molecular flexibility index (Phi) is 5.40. The van der Waals surface area contributed by atoms with Crippen molar-refractivity contribution >= 4 is 28.6 Å². The van der Waals surface area contributed by atoms with E-state index in [9.17, 15) is 14.4 Å². The number of hydrogen-bond donors (Lipinski definition) is 2. The summed E-state index contributed by atoms with van der Waals surface area (Å²) in [5, 5.41) is 2.91. The average Bonchev–Trinajstić information content (AvgIpc) is 3.47. The van der Waals surface area contributed by atoms with Crippen LogP contribution in [0.1, 0.15) is 37.7 Å². The zero-order valence-electron chi connectivity index (χ0n) is 19.3. The number of rotatable bonds is 5. The lowest BCUT2D eigenvalue weighted by Gasteiger charge is -2.11. The largest absolute Gasteiger partial charge is 0.464 e. The van der Waals surface area contributed by atoms with Gasteiger partial charge in [-0.05, 0) is 55.3 Å². The maximum Gasteiger partial charge on any atom is 0.358 e. The van der Waals surface area contributed by atoms with Crippen LogP contribution < -0.4 is 10.9 Å². The highest BCUT2D eigenvalue weighted by Crippen LogP contribution is 2.24. The molecule has 10 nitrogen and oxygen atoms in total. The number of fused-ring (bicyclic) bond motifs is 3. The fraction of sp³-hybridized carbons (Fsp3) is 0.160. The molecule has 10 heteroatoms. The van der Waals surface area contributed by atoms with Crippen LogP contribution in [0.2, 0.25) is 0 Å². The number of carbonyl (C=O) groups is 2. The van der Waals surface area contributed by atoms with E-state index in [4.69, 9.17) is 4.74 Å². The molecule has 0 aliphatic heterocycles. The topological polar surface area (TPSA) is 123 Å². The van der Waals surface area contributed by atoms with Crippen LogP contribution in [0.5, 0.6) is 0 Å². The minimum atomic E-state index is -0.602. The summed E-state index contributed by atoms with van der Waals surface area (Å²) in [6.45, 7) is 4.04. The molecule has 0 aliphatic rings. The van der Waals surface area contributed by atoms with Crippen LogP contribution in [0, 0.1) is 13.8 Å². The number of esters is 1. The smallest absolute Gasteiger partial charge is 0.358 e. The Morgan fingerprint density at radius 2 is 1.91 bits per heavy atom. The second-order valence-corrected chi connectivity index (χ2v) is 8.15. The number of ether oxygens (including phenoxy) is 1. The number of amides is 1. The van der Waals surface area contributed by atoms with Crippen molar-refractivity contribution in [3.05, 3.63) is 93.6 Å². The van der Waals surface area contributed by atoms with E-state index in [0.717, 1.165) is 16.8 Å². The summed E-state index contributed by atoms with van der Waals surface area (Å²) < 4.78 is 8.44. The van der Waals surface area contributed by atoms with Gasteiger partial charge in [0.2, 0.25) is 5.65 Å². The van der Waals surface area contributed by atoms with Crippen LogP contribution in [0.25, 0.3) is 22.4 Å². The highest BCUT2D eigenvalue weighted by molar-refractivity contribution is 5.94. The number of H-pyrrole nitrogens is 1. The molecule has 0 atom stereocenters. The number of pyridine rings is 1. The normalized spacial score (nSPS) is 11.2. The number of nitrogens with one attached hydrogen (secondary N) is 2. The number of benzene rings is 1. The Morgan fingerprint density at radius 3 is 2.66 bits per heavy atom. The summed E-state index contributed by atoms with van der Waals surface area (Å²) in [7, 11) is 1.28. The molecule has 0 bridgehead atoms. The second kappa shape index (κ2) is 8.56. The zero-order valence-corrected chi connectivity index (χ0v) is 19.3. The van der Waals surface area contributed by atoms with Gasteiger partial charge >= 0.3 is 5.97 Å². The van der Waals surface area contributed by atoms with Gasteiger partial charge in [-0.1, -0.05) is 0 Å². The van der Waals surface area contributed by atoms with Gasteiger partial charge in [0.15, 0.2) is 5.69 Å². The molecule has 0 fully saturated rings. The molecule has 0 spiro atoms. The average molecular weight is 470 g/mol. The number of methoxy groups -OCH3 is 1. The van der Waals surface area contributed by atoms with Crippen LogP contribution >= 0.6 is 0 Å². The molecule has 0 radical (unpaired) electrons. The summed E-state index contributed by atoms with van der Waals surface area (Å²) in [5.74, 6) is -0.777. The molecule has 5 rings (SSSR count). The standard InChI is InChI=1S/C25H22N6O4/c1-14-10-18-20(31-15(2)21(25(34)35-3)29-22(31)24(33)28-18)11-19(14)30-9-6-16(13-30)12-27-23(32)17-4-7-26-8-5-17/h4-11,13H,12H2,1-3H3,(H,27,32)(H,28,33). The molecule has 35 heavy (non-hydrogen) atoms. The van der Waals surface area contributed by atoms with E-state index in [0.29, 0.717) is 28.8 Å². The molecule has 0 saturated carbocycles. The van der Waals surface area contributed by atoms with E-state index in [-0.39, 0.29) is 17.2 Å². The van der Waals surface area contributed by atoms with E-state index in [2.05, 4.69) is 20.3 Å². The lowest BCUT2D eigenvalue weighted by atomic mass is 10.1. The Bertz CT molecular complexity index is 1660. The minimum absolute atomic E-state index is 0.0980. The van der Waals surface area contributed by atoms with Gasteiger partial charge in [0, 0.05) is 36.9 Å². The molecular weight excluding hydrogens is 448 g/mol. The Morgan fingerprint density at radius 1 is 1.14 bits per heavy atom.